The number of hydrogen-bond donors (Lipinski definition) is 1. The van der Waals surface area contributed by atoms with E-state index in [9.17, 15) is 0 Å². The van der Waals surface area contributed by atoms with Crippen LogP contribution in [0, 0.1) is 0 Å². The Morgan fingerprint density at radius 3 is 2.43 bits per heavy atom. The number of ether oxygens (including phenoxy) is 1. The van der Waals surface area contributed by atoms with Gasteiger partial charge in [0, 0.05) is 22.9 Å². The Kier molecular flexibility index (Phi) is 5.89. The lowest BCUT2D eigenvalue weighted by Crippen LogP contribution is -2.19. The second kappa shape index (κ2) is 8.72. The molecule has 28 heavy (non-hydrogen) atoms. The van der Waals surface area contributed by atoms with E-state index in [-0.39, 0.29) is 6.04 Å². The van der Waals surface area contributed by atoms with Crippen molar-refractivity contribution in [3.63, 3.8) is 0 Å². The van der Waals surface area contributed by atoms with Gasteiger partial charge in [-0.05, 0) is 61.1 Å². The lowest BCUT2D eigenvalue weighted by molar-refractivity contribution is 0.261. The fourth-order valence-electron chi connectivity index (χ4n) is 3.44. The van der Waals surface area contributed by atoms with Gasteiger partial charge in [-0.3, -0.25) is 0 Å². The minimum atomic E-state index is 0.142. The zero-order valence-electron chi connectivity index (χ0n) is 16.4. The van der Waals surface area contributed by atoms with Crippen LogP contribution in [0.25, 0.3) is 0 Å². The van der Waals surface area contributed by atoms with Gasteiger partial charge in [-0.2, -0.15) is 0 Å². The van der Waals surface area contributed by atoms with E-state index in [1.165, 1.54) is 21.6 Å². The van der Waals surface area contributed by atoms with Gasteiger partial charge in [0.25, 0.3) is 0 Å². The lowest BCUT2D eigenvalue weighted by atomic mass is 9.95. The molecule has 3 aromatic rings. The molecule has 1 atom stereocenters. The predicted molar refractivity (Wildman–Crippen MR) is 118 cm³/mol. The maximum Gasteiger partial charge on any atom is 0.119 e. The van der Waals surface area contributed by atoms with Crippen LogP contribution in [-0.4, -0.2) is 32.1 Å². The monoisotopic (exact) mass is 390 g/mol. The number of likely N-dealkylation sites (N-methyl/N-ethyl adjacent to an activating group) is 1. The lowest BCUT2D eigenvalue weighted by Gasteiger charge is -2.23. The first-order valence-electron chi connectivity index (χ1n) is 9.64. The van der Waals surface area contributed by atoms with Gasteiger partial charge >= 0.3 is 0 Å². The Morgan fingerprint density at radius 2 is 1.64 bits per heavy atom. The molecule has 0 fully saturated rings. The van der Waals surface area contributed by atoms with Crippen molar-refractivity contribution in [2.45, 2.75) is 16.7 Å². The Balaban J connectivity index is 1.57. The first-order chi connectivity index (χ1) is 13.7. The molecule has 0 amide bonds. The molecule has 0 aromatic heterocycles. The number of nitrogens with zero attached hydrogens (tertiary/aromatic N) is 1. The second-order valence-electron chi connectivity index (χ2n) is 7.28. The normalized spacial score (nSPS) is 15.5. The van der Waals surface area contributed by atoms with E-state index in [1.807, 2.05) is 23.9 Å². The van der Waals surface area contributed by atoms with E-state index in [4.69, 9.17) is 4.74 Å². The topological polar surface area (TPSA) is 24.5 Å². The highest BCUT2D eigenvalue weighted by molar-refractivity contribution is 7.98. The van der Waals surface area contributed by atoms with Gasteiger partial charge in [0.15, 0.2) is 0 Å². The minimum Gasteiger partial charge on any atom is -0.492 e. The summed E-state index contributed by atoms with van der Waals surface area (Å²) in [5.41, 5.74) is 5.18. The Hall–Kier alpha value is -2.43. The summed E-state index contributed by atoms with van der Waals surface area (Å²) in [6.45, 7) is 1.60. The van der Waals surface area contributed by atoms with E-state index in [1.54, 1.807) is 0 Å². The van der Waals surface area contributed by atoms with Crippen LogP contribution in [0.15, 0.2) is 77.7 Å². The molecule has 144 valence electrons. The van der Waals surface area contributed by atoms with Gasteiger partial charge in [0.2, 0.25) is 0 Å². The number of fused-ring (bicyclic) bond motifs is 2. The van der Waals surface area contributed by atoms with Crippen molar-refractivity contribution in [3.8, 4) is 5.75 Å². The van der Waals surface area contributed by atoms with Crippen LogP contribution in [0.4, 0.5) is 5.69 Å². The quantitative estimate of drug-likeness (QED) is 0.606. The van der Waals surface area contributed by atoms with E-state index >= 15 is 0 Å². The SMILES string of the molecule is CN(C)CCOc1ccc(N[C@H]2c3ccccc3CSc3ccccc32)cc1. The number of hydrogen-bond acceptors (Lipinski definition) is 4. The third-order valence-electron chi connectivity index (χ3n) is 4.95. The van der Waals surface area contributed by atoms with Crippen LogP contribution in [0.3, 0.4) is 0 Å². The molecule has 0 unspecified atom stereocenters. The fourth-order valence-corrected chi connectivity index (χ4v) is 4.54. The molecule has 0 bridgehead atoms. The largest absolute Gasteiger partial charge is 0.492 e. The highest BCUT2D eigenvalue weighted by Crippen LogP contribution is 2.40. The van der Waals surface area contributed by atoms with Crippen LogP contribution in [0.5, 0.6) is 5.75 Å². The number of nitrogens with one attached hydrogen (secondary N) is 1. The average Bonchev–Trinajstić information content (AvgIpc) is 2.87. The van der Waals surface area contributed by atoms with Crippen LogP contribution >= 0.6 is 11.8 Å². The number of thioether (sulfide) groups is 1. The van der Waals surface area contributed by atoms with Gasteiger partial charge in [0.1, 0.15) is 12.4 Å². The molecule has 0 spiro atoms. The predicted octanol–water partition coefficient (Wildman–Crippen LogP) is 5.43. The van der Waals surface area contributed by atoms with Crippen LogP contribution in [-0.2, 0) is 5.75 Å². The number of benzene rings is 3. The van der Waals surface area contributed by atoms with Crippen molar-refractivity contribution in [2.24, 2.45) is 0 Å². The van der Waals surface area contributed by atoms with Crippen LogP contribution < -0.4 is 10.1 Å². The first kappa shape index (κ1) is 18.9. The molecule has 1 aliphatic rings. The number of rotatable bonds is 6. The Bertz CT molecular complexity index is 876. The first-order valence-corrected chi connectivity index (χ1v) is 10.6. The van der Waals surface area contributed by atoms with Gasteiger partial charge in [-0.15, -0.1) is 11.8 Å². The Labute approximate surface area is 171 Å². The molecule has 4 rings (SSSR count). The van der Waals surface area contributed by atoms with Crippen molar-refractivity contribution in [3.05, 3.63) is 89.5 Å². The molecule has 0 radical (unpaired) electrons. The zero-order chi connectivity index (χ0) is 19.3. The van der Waals surface area contributed by atoms with Crippen molar-refractivity contribution >= 4 is 17.4 Å². The summed E-state index contributed by atoms with van der Waals surface area (Å²) in [6.07, 6.45) is 0. The molecule has 1 aliphatic heterocycles. The zero-order valence-corrected chi connectivity index (χ0v) is 17.2. The summed E-state index contributed by atoms with van der Waals surface area (Å²) in [5.74, 6) is 1.91. The molecule has 3 aromatic carbocycles. The minimum absolute atomic E-state index is 0.142. The van der Waals surface area contributed by atoms with Crippen molar-refractivity contribution < 1.29 is 4.74 Å². The third-order valence-corrected chi connectivity index (χ3v) is 6.09. The summed E-state index contributed by atoms with van der Waals surface area (Å²) in [7, 11) is 4.11. The van der Waals surface area contributed by atoms with E-state index in [2.05, 4.69) is 85.0 Å². The van der Waals surface area contributed by atoms with Crippen LogP contribution in [0.2, 0.25) is 0 Å². The highest BCUT2D eigenvalue weighted by atomic mass is 32.2. The standard InChI is InChI=1S/C24H26N2OS/c1-26(2)15-16-27-20-13-11-19(12-14-20)25-24-21-8-4-3-7-18(21)17-28-23-10-6-5-9-22(23)24/h3-14,24-25H,15-17H2,1-2H3/t24-/m0/s1. The summed E-state index contributed by atoms with van der Waals surface area (Å²) in [5, 5.41) is 3.76. The van der Waals surface area contributed by atoms with Gasteiger partial charge in [-0.25, -0.2) is 0 Å². The third kappa shape index (κ3) is 4.34. The van der Waals surface area contributed by atoms with Gasteiger partial charge in [0.05, 0.1) is 6.04 Å². The van der Waals surface area contributed by atoms with E-state index in [0.717, 1.165) is 23.7 Å². The second-order valence-corrected chi connectivity index (χ2v) is 8.30. The molecule has 1 heterocycles. The molecule has 1 N–H and O–H groups in total. The van der Waals surface area contributed by atoms with Crippen molar-refractivity contribution in [1.29, 1.82) is 0 Å². The van der Waals surface area contributed by atoms with Gasteiger partial charge < -0.3 is 15.0 Å². The molecular weight excluding hydrogens is 364 g/mol. The number of anilines is 1. The molecular formula is C24H26N2OS. The Morgan fingerprint density at radius 1 is 0.929 bits per heavy atom. The molecule has 0 aliphatic carbocycles. The van der Waals surface area contributed by atoms with Crippen molar-refractivity contribution in [2.75, 3.05) is 32.6 Å². The summed E-state index contributed by atoms with van der Waals surface area (Å²) < 4.78 is 5.82. The molecule has 0 saturated carbocycles. The molecule has 3 nitrogen and oxygen atoms in total. The van der Waals surface area contributed by atoms with E-state index in [0.29, 0.717) is 6.61 Å². The van der Waals surface area contributed by atoms with E-state index < -0.39 is 0 Å². The maximum absolute atomic E-state index is 5.82. The summed E-state index contributed by atoms with van der Waals surface area (Å²) >= 11 is 1.92. The molecule has 4 heteroatoms. The average molecular weight is 391 g/mol. The fraction of sp³-hybridized carbons (Fsp3) is 0.250. The highest BCUT2D eigenvalue weighted by Gasteiger charge is 2.23. The van der Waals surface area contributed by atoms with Crippen LogP contribution in [0.1, 0.15) is 22.7 Å². The smallest absolute Gasteiger partial charge is 0.119 e. The van der Waals surface area contributed by atoms with Gasteiger partial charge in [-0.1, -0.05) is 42.5 Å². The summed E-state index contributed by atoms with van der Waals surface area (Å²) in [4.78, 5) is 3.47. The summed E-state index contributed by atoms with van der Waals surface area (Å²) in [6, 6.07) is 25.9. The van der Waals surface area contributed by atoms with Crippen molar-refractivity contribution in [1.82, 2.24) is 4.90 Å². The molecule has 0 saturated heterocycles. The maximum atomic E-state index is 5.82.